The van der Waals surface area contributed by atoms with Gasteiger partial charge < -0.3 is 0 Å². The molecule has 0 saturated heterocycles. The summed E-state index contributed by atoms with van der Waals surface area (Å²) in [4.78, 5) is 0. The van der Waals surface area contributed by atoms with E-state index in [0.717, 1.165) is 3.39 Å². The Hall–Kier alpha value is 0.180. The highest BCUT2D eigenvalue weighted by Gasteiger charge is 1.86. The minimum Gasteiger partial charge on any atom is -0.0847 e. The highest BCUT2D eigenvalue weighted by atomic mass is 79.9. The molecule has 0 spiro atoms. The first-order chi connectivity index (χ1) is 5.06. The fourth-order valence-electron chi connectivity index (χ4n) is 0.656. The Bertz CT molecular complexity index is 206. The van der Waals surface area contributed by atoms with Crippen molar-refractivity contribution in [3.8, 4) is 0 Å². The molecule has 11 heavy (non-hydrogen) atoms. The third-order valence-electron chi connectivity index (χ3n) is 1.25. The molecule has 0 aliphatic carbocycles. The van der Waals surface area contributed by atoms with Crippen LogP contribution in [0.4, 0.5) is 0 Å². The van der Waals surface area contributed by atoms with Gasteiger partial charge in [0, 0.05) is 0 Å². The quantitative estimate of drug-likeness (QED) is 0.652. The molecule has 0 aliphatic heterocycles. The molecule has 0 nitrogen and oxygen atoms in total. The second kappa shape index (κ2) is 5.78. The lowest BCUT2D eigenvalue weighted by Crippen LogP contribution is -1.71. The maximum absolute atomic E-state index is 3.30. The van der Waals surface area contributed by atoms with Crippen molar-refractivity contribution in [2.75, 3.05) is 0 Å². The fraction of sp³-hybridized carbons (Fsp3) is 0.333. The summed E-state index contributed by atoms with van der Waals surface area (Å²) in [5.74, 6) is 0. The van der Waals surface area contributed by atoms with Crippen LogP contribution in [0.25, 0.3) is 0 Å². The maximum atomic E-state index is 3.30. The molecule has 0 aliphatic rings. The van der Waals surface area contributed by atoms with E-state index in [9.17, 15) is 0 Å². The van der Waals surface area contributed by atoms with E-state index in [-0.39, 0.29) is 0 Å². The highest BCUT2D eigenvalue weighted by Crippen LogP contribution is 2.16. The average Bonchev–Trinajstić information content (AvgIpc) is 1.85. The van der Waals surface area contributed by atoms with Crippen LogP contribution in [-0.4, -0.2) is 0 Å². The van der Waals surface area contributed by atoms with Crippen LogP contribution in [0.5, 0.6) is 0 Å². The van der Waals surface area contributed by atoms with Gasteiger partial charge in [-0.3, -0.25) is 0 Å². The Morgan fingerprint density at radius 2 is 1.55 bits per heavy atom. The van der Waals surface area contributed by atoms with E-state index >= 15 is 0 Å². The summed E-state index contributed by atoms with van der Waals surface area (Å²) in [6.45, 7) is 6.18. The molecule has 2 heteroatoms. The van der Waals surface area contributed by atoms with Crippen molar-refractivity contribution < 1.29 is 0 Å². The Morgan fingerprint density at radius 3 is 1.91 bits per heavy atom. The fourth-order valence-corrected chi connectivity index (χ4v) is 1.38. The largest absolute Gasteiger partial charge is 0.0847 e. The van der Waals surface area contributed by atoms with Gasteiger partial charge in [-0.1, -0.05) is 17.7 Å². The van der Waals surface area contributed by atoms with Crippen LogP contribution in [-0.2, 0) is 0 Å². The van der Waals surface area contributed by atoms with Gasteiger partial charge in [-0.15, -0.1) is 0 Å². The first-order valence-electron chi connectivity index (χ1n) is 3.40. The van der Waals surface area contributed by atoms with E-state index in [1.807, 2.05) is 13.0 Å². The van der Waals surface area contributed by atoms with Gasteiger partial charge in [-0.2, -0.15) is 0 Å². The van der Waals surface area contributed by atoms with Crippen molar-refractivity contribution in [1.29, 1.82) is 0 Å². The molecule has 0 atom stereocenters. The minimum atomic E-state index is 0.975. The smallest absolute Gasteiger partial charge is 0.0606 e. The number of hydrogen-bond donors (Lipinski definition) is 0. The van der Waals surface area contributed by atoms with Crippen molar-refractivity contribution in [2.45, 2.75) is 20.8 Å². The molecule has 0 fully saturated rings. The van der Waals surface area contributed by atoms with Crippen molar-refractivity contribution in [1.82, 2.24) is 0 Å². The molecule has 0 radical (unpaired) electrons. The van der Waals surface area contributed by atoms with E-state index in [1.54, 1.807) is 0 Å². The van der Waals surface area contributed by atoms with Crippen molar-refractivity contribution in [3.63, 3.8) is 0 Å². The van der Waals surface area contributed by atoms with Gasteiger partial charge in [0.25, 0.3) is 0 Å². The molecular formula is C9H12Br2. The number of rotatable bonds is 2. The summed E-state index contributed by atoms with van der Waals surface area (Å²) in [5, 5.41) is 0. The third-order valence-corrected chi connectivity index (χ3v) is 1.71. The van der Waals surface area contributed by atoms with Gasteiger partial charge in [-0.05, 0) is 64.3 Å². The van der Waals surface area contributed by atoms with Crippen molar-refractivity contribution in [3.05, 3.63) is 32.8 Å². The third kappa shape index (κ3) is 6.57. The van der Waals surface area contributed by atoms with Crippen molar-refractivity contribution >= 4 is 31.9 Å². The van der Waals surface area contributed by atoms with Crippen LogP contribution in [0.15, 0.2) is 32.8 Å². The monoisotopic (exact) mass is 278 g/mol. The van der Waals surface area contributed by atoms with Gasteiger partial charge in [-0.25, -0.2) is 0 Å². The van der Waals surface area contributed by atoms with Gasteiger partial charge in [0.05, 0.1) is 3.39 Å². The van der Waals surface area contributed by atoms with Crippen LogP contribution < -0.4 is 0 Å². The van der Waals surface area contributed by atoms with Crippen LogP contribution >= 0.6 is 31.9 Å². The van der Waals surface area contributed by atoms with Crippen LogP contribution in [0.1, 0.15) is 20.8 Å². The maximum Gasteiger partial charge on any atom is 0.0606 e. The Labute approximate surface area is 85.3 Å². The van der Waals surface area contributed by atoms with E-state index in [0.29, 0.717) is 0 Å². The van der Waals surface area contributed by atoms with Gasteiger partial charge in [0.1, 0.15) is 0 Å². The first kappa shape index (κ1) is 11.2. The summed E-state index contributed by atoms with van der Waals surface area (Å²) in [7, 11) is 0. The van der Waals surface area contributed by atoms with Gasteiger partial charge in [0.15, 0.2) is 0 Å². The van der Waals surface area contributed by atoms with Crippen LogP contribution in [0.2, 0.25) is 0 Å². The van der Waals surface area contributed by atoms with Crippen LogP contribution in [0.3, 0.4) is 0 Å². The number of halogens is 2. The van der Waals surface area contributed by atoms with Crippen molar-refractivity contribution in [2.24, 2.45) is 0 Å². The first-order valence-corrected chi connectivity index (χ1v) is 4.98. The van der Waals surface area contributed by atoms with Crippen LogP contribution in [0, 0.1) is 0 Å². The molecule has 62 valence electrons. The number of allylic oxidation sites excluding steroid dienone is 5. The zero-order valence-electron chi connectivity index (χ0n) is 6.99. The van der Waals surface area contributed by atoms with E-state index in [1.165, 1.54) is 11.1 Å². The standard InChI is InChI=1S/C9H12Br2/c1-4-7(2)5-8(3)6-9(10)11/h4-6H,1-3H3/b7-4+,8-5+. The molecule has 0 amide bonds. The molecule has 0 aromatic heterocycles. The minimum absolute atomic E-state index is 0.975. The topological polar surface area (TPSA) is 0 Å². The number of hydrogen-bond acceptors (Lipinski definition) is 0. The molecule has 0 unspecified atom stereocenters. The SMILES string of the molecule is C/C=C(C)/C=C(\C)C=C(Br)Br. The summed E-state index contributed by atoms with van der Waals surface area (Å²) < 4.78 is 0.975. The molecule has 0 saturated carbocycles. The lowest BCUT2D eigenvalue weighted by atomic mass is 10.2. The Kier molecular flexibility index (Phi) is 5.88. The lowest BCUT2D eigenvalue weighted by molar-refractivity contribution is 1.41. The molecule has 0 heterocycles. The average molecular weight is 280 g/mol. The zero-order chi connectivity index (χ0) is 8.85. The predicted molar refractivity (Wildman–Crippen MR) is 59.1 cm³/mol. The second-order valence-electron chi connectivity index (χ2n) is 2.36. The molecule has 0 aromatic carbocycles. The summed E-state index contributed by atoms with van der Waals surface area (Å²) in [5.41, 5.74) is 2.50. The Morgan fingerprint density at radius 1 is 1.00 bits per heavy atom. The van der Waals surface area contributed by atoms with Gasteiger partial charge in [0.2, 0.25) is 0 Å². The Balaban J connectivity index is 4.36. The normalized spacial score (nSPS) is 13.2. The molecule has 0 bridgehead atoms. The molecular weight excluding hydrogens is 268 g/mol. The second-order valence-corrected chi connectivity index (χ2v) is 5.13. The zero-order valence-corrected chi connectivity index (χ0v) is 10.2. The summed E-state index contributed by atoms with van der Waals surface area (Å²) in [6.07, 6.45) is 6.23. The predicted octanol–water partition coefficient (Wildman–Crippen LogP) is 4.53. The molecule has 0 rings (SSSR count). The van der Waals surface area contributed by atoms with Gasteiger partial charge >= 0.3 is 0 Å². The summed E-state index contributed by atoms with van der Waals surface area (Å²) in [6, 6.07) is 0. The summed E-state index contributed by atoms with van der Waals surface area (Å²) >= 11 is 6.61. The van der Waals surface area contributed by atoms with E-state index in [4.69, 9.17) is 0 Å². The van der Waals surface area contributed by atoms with E-state index in [2.05, 4.69) is 57.9 Å². The van der Waals surface area contributed by atoms with E-state index < -0.39 is 0 Å². The molecule has 0 aromatic rings. The highest BCUT2D eigenvalue weighted by molar-refractivity contribution is 9.28. The molecule has 0 N–H and O–H groups in total. The lowest BCUT2D eigenvalue weighted by Gasteiger charge is -1.92.